The Morgan fingerprint density at radius 2 is 0.750 bits per heavy atom. The molecule has 20 aromatic rings. The second kappa shape index (κ2) is 15.8. The summed E-state index contributed by atoms with van der Waals surface area (Å²) in [5, 5.41) is 7.08. The fourth-order valence-corrected chi connectivity index (χ4v) is 22.9. The highest BCUT2D eigenvalue weighted by Crippen LogP contribution is 2.55. The van der Waals surface area contributed by atoms with Crippen LogP contribution in [0, 0.1) is 41.5 Å². The average molecular weight is 1180 g/mol. The Hall–Kier alpha value is -7.24. The minimum Gasteiger partial charge on any atom is -0.454 e. The van der Waals surface area contributed by atoms with Gasteiger partial charge in [-0.15, -0.1) is 90.7 Å². The first-order valence-corrected chi connectivity index (χ1v) is 32.9. The van der Waals surface area contributed by atoms with Crippen molar-refractivity contribution in [1.29, 1.82) is 0 Å². The number of furan rings is 4. The van der Waals surface area contributed by atoms with Gasteiger partial charge in [0.15, 0.2) is 22.3 Å². The number of aryl methyl sites for hydroxylation is 6. The fourth-order valence-electron chi connectivity index (χ4n) is 12.4. The SMILES string of the molecule is Cc1ccc(-n2c3c4cc5oc6c(sc7c8ccc(C)cc8sc67)c5cc4oc3c3sc4cc(C)ccc4c32)cc1.Cc1ccc(-n2c3cc(C)sc3c3sc4c5cc6oc7c(sc8c9sc(C)cc9sc78)c6cc5oc4c32)cc1. The summed E-state index contributed by atoms with van der Waals surface area (Å²) < 4.78 is 49.6. The average Bonchev–Trinajstić information content (AvgIpc) is 3.32. The van der Waals surface area contributed by atoms with Crippen molar-refractivity contribution in [3.05, 3.63) is 153 Å². The maximum absolute atomic E-state index is 6.77. The highest BCUT2D eigenvalue weighted by atomic mass is 32.1. The van der Waals surface area contributed by atoms with Gasteiger partial charge in [-0.25, -0.2) is 0 Å². The van der Waals surface area contributed by atoms with Gasteiger partial charge >= 0.3 is 0 Å². The molecule has 0 saturated carbocycles. The van der Waals surface area contributed by atoms with Crippen molar-refractivity contribution in [2.75, 3.05) is 0 Å². The standard InChI is InChI=1S/C35H21NO2S3.C31H17NO2S5/c1-16-4-8-19(9-5-16)36-28-22-14-25-23(32-31(38-25)35-33(41-32)21-11-7-18(3)13-27(21)40-35)15-24(22)37-30(28)34-29(36)20-10-6-17(2)12-26(20)39-34;1-12-4-6-15(7-5-12)32-18-8-13(2)35-27(18)29-22(32)23-25(38-29)16-10-20-17(11-19(16)33-23)26-24(34-20)30-31(39-26)28-21(37-30)9-14(3)36-28/h4-15H,1-3H3;4-11H,1-3H3. The van der Waals surface area contributed by atoms with Crippen LogP contribution in [0.1, 0.15) is 32.0 Å². The van der Waals surface area contributed by atoms with Crippen molar-refractivity contribution < 1.29 is 17.7 Å². The highest BCUT2D eigenvalue weighted by Gasteiger charge is 2.28. The number of hydrogen-bond acceptors (Lipinski definition) is 12. The zero-order valence-corrected chi connectivity index (χ0v) is 49.9. The molecule has 0 aliphatic carbocycles. The van der Waals surface area contributed by atoms with Gasteiger partial charge in [-0.2, -0.15) is 0 Å². The van der Waals surface area contributed by atoms with Crippen LogP contribution < -0.4 is 0 Å². The quantitative estimate of drug-likeness (QED) is 0.173. The van der Waals surface area contributed by atoms with Crippen LogP contribution in [0.4, 0.5) is 0 Å². The van der Waals surface area contributed by atoms with Gasteiger partial charge in [-0.3, -0.25) is 0 Å². The van der Waals surface area contributed by atoms with Crippen molar-refractivity contribution in [3.63, 3.8) is 0 Å². The molecule has 0 radical (unpaired) electrons. The maximum Gasteiger partial charge on any atom is 0.171 e. The lowest BCUT2D eigenvalue weighted by Crippen LogP contribution is -1.93. The van der Waals surface area contributed by atoms with Crippen molar-refractivity contribution in [3.8, 4) is 11.4 Å². The molecule has 0 amide bonds. The summed E-state index contributed by atoms with van der Waals surface area (Å²) in [6, 6.07) is 44.5. The van der Waals surface area contributed by atoms with Crippen LogP contribution in [0.2, 0.25) is 0 Å². The van der Waals surface area contributed by atoms with Crippen LogP contribution >= 0.6 is 90.7 Å². The van der Waals surface area contributed by atoms with Gasteiger partial charge in [-0.1, -0.05) is 59.7 Å². The molecule has 0 spiro atoms. The molecule has 80 heavy (non-hydrogen) atoms. The largest absolute Gasteiger partial charge is 0.454 e. The van der Waals surface area contributed by atoms with Crippen LogP contribution in [-0.2, 0) is 0 Å². The van der Waals surface area contributed by atoms with E-state index >= 15 is 0 Å². The van der Waals surface area contributed by atoms with Crippen LogP contribution in [0.3, 0.4) is 0 Å². The third-order valence-corrected chi connectivity index (χ3v) is 26.0. The van der Waals surface area contributed by atoms with Crippen LogP contribution in [0.5, 0.6) is 0 Å². The van der Waals surface area contributed by atoms with E-state index in [1.54, 1.807) is 0 Å². The molecule has 0 unspecified atom stereocenters. The summed E-state index contributed by atoms with van der Waals surface area (Å²) in [6.07, 6.45) is 0. The summed E-state index contributed by atoms with van der Waals surface area (Å²) in [5.74, 6) is 0. The lowest BCUT2D eigenvalue weighted by molar-refractivity contribution is 0.667. The molecule has 0 atom stereocenters. The van der Waals surface area contributed by atoms with Gasteiger partial charge in [0.25, 0.3) is 0 Å². The molecule has 0 fully saturated rings. The van der Waals surface area contributed by atoms with Crippen molar-refractivity contribution in [2.45, 2.75) is 41.5 Å². The van der Waals surface area contributed by atoms with Gasteiger partial charge in [0, 0.05) is 67.5 Å². The van der Waals surface area contributed by atoms with Gasteiger partial charge in [-0.05, 0) is 125 Å². The summed E-state index contributed by atoms with van der Waals surface area (Å²) >= 11 is 14.8. The fraction of sp³-hybridized carbons (Fsp3) is 0.0909. The first-order valence-electron chi connectivity index (χ1n) is 26.3. The summed E-state index contributed by atoms with van der Waals surface area (Å²) in [7, 11) is 0. The molecule has 0 saturated heterocycles. The van der Waals surface area contributed by atoms with Crippen molar-refractivity contribution in [1.82, 2.24) is 9.13 Å². The van der Waals surface area contributed by atoms with Crippen LogP contribution in [-0.4, -0.2) is 9.13 Å². The normalized spacial score (nSPS) is 12.9. The molecule has 14 heterocycles. The second-order valence-electron chi connectivity index (χ2n) is 21.5. The highest BCUT2D eigenvalue weighted by molar-refractivity contribution is 7.41. The molecule has 0 bridgehead atoms. The molecule has 0 aliphatic heterocycles. The van der Waals surface area contributed by atoms with Gasteiger partial charge in [0.05, 0.1) is 62.7 Å². The zero-order chi connectivity index (χ0) is 52.9. The number of aromatic nitrogens is 2. The smallest absolute Gasteiger partial charge is 0.171 e. The van der Waals surface area contributed by atoms with E-state index in [-0.39, 0.29) is 0 Å². The summed E-state index contributed by atoms with van der Waals surface area (Å²) in [4.78, 5) is 2.69. The van der Waals surface area contributed by atoms with Crippen LogP contribution in [0.25, 0.3) is 176 Å². The van der Waals surface area contributed by atoms with Crippen LogP contribution in [0.15, 0.2) is 139 Å². The minimum absolute atomic E-state index is 0.902. The number of hydrogen-bond donors (Lipinski definition) is 0. The Morgan fingerprint density at radius 1 is 0.275 bits per heavy atom. The molecule has 0 aliphatic rings. The Kier molecular flexibility index (Phi) is 8.99. The lowest BCUT2D eigenvalue weighted by atomic mass is 10.1. The van der Waals surface area contributed by atoms with E-state index in [9.17, 15) is 0 Å². The van der Waals surface area contributed by atoms with E-state index in [4.69, 9.17) is 17.7 Å². The van der Waals surface area contributed by atoms with Crippen molar-refractivity contribution >= 4 is 256 Å². The van der Waals surface area contributed by atoms with Gasteiger partial charge in [0.1, 0.15) is 33.4 Å². The summed E-state index contributed by atoms with van der Waals surface area (Å²) in [6.45, 7) is 13.0. The Morgan fingerprint density at radius 3 is 1.43 bits per heavy atom. The Labute approximate surface area is 484 Å². The first-order chi connectivity index (χ1) is 39.0. The van der Waals surface area contributed by atoms with E-state index in [1.165, 1.54) is 131 Å². The minimum atomic E-state index is 0.902. The molecule has 384 valence electrons. The van der Waals surface area contributed by atoms with Gasteiger partial charge < -0.3 is 26.8 Å². The van der Waals surface area contributed by atoms with E-state index in [1.807, 2.05) is 90.7 Å². The van der Waals surface area contributed by atoms with E-state index in [0.717, 1.165) is 77.4 Å². The van der Waals surface area contributed by atoms with Crippen molar-refractivity contribution in [2.24, 2.45) is 0 Å². The van der Waals surface area contributed by atoms with E-state index in [2.05, 4.69) is 172 Å². The third kappa shape index (κ3) is 6.04. The molecular formula is C66H38N2O4S8. The zero-order valence-electron chi connectivity index (χ0n) is 43.3. The third-order valence-electron chi connectivity index (χ3n) is 16.1. The molecule has 14 aromatic heterocycles. The predicted octanol–water partition coefficient (Wildman–Crippen LogP) is 24.1. The number of nitrogens with zero attached hydrogens (tertiary/aromatic N) is 2. The van der Waals surface area contributed by atoms with E-state index < -0.39 is 0 Å². The number of benzene rings is 6. The molecular weight excluding hydrogens is 1140 g/mol. The van der Waals surface area contributed by atoms with Gasteiger partial charge in [0.2, 0.25) is 0 Å². The van der Waals surface area contributed by atoms with E-state index in [0.29, 0.717) is 0 Å². The first kappa shape index (κ1) is 45.5. The number of fused-ring (bicyclic) bond motifs is 28. The maximum atomic E-state index is 6.77. The predicted molar refractivity (Wildman–Crippen MR) is 352 cm³/mol. The monoisotopic (exact) mass is 1180 g/mol. The second-order valence-corrected chi connectivity index (χ2v) is 30.2. The molecule has 6 nitrogen and oxygen atoms in total. The molecule has 0 N–H and O–H groups in total. The molecule has 20 rings (SSSR count). The lowest BCUT2D eigenvalue weighted by Gasteiger charge is -2.08. The topological polar surface area (TPSA) is 62.4 Å². The summed E-state index contributed by atoms with van der Waals surface area (Å²) in [5.41, 5.74) is 19.8. The molecule has 14 heteroatoms. The Balaban J connectivity index is 0.000000120. The number of rotatable bonds is 2. The molecule has 6 aromatic carbocycles. The number of thiophene rings is 8. The Bertz CT molecular complexity index is 6100.